The summed E-state index contributed by atoms with van der Waals surface area (Å²) in [6.45, 7) is 8.94. The van der Waals surface area contributed by atoms with Crippen molar-refractivity contribution in [2.45, 2.75) is 49.4 Å². The van der Waals surface area contributed by atoms with Crippen molar-refractivity contribution >= 4 is 51.7 Å². The van der Waals surface area contributed by atoms with E-state index in [1.54, 1.807) is 0 Å². The van der Waals surface area contributed by atoms with Crippen molar-refractivity contribution in [3.05, 3.63) is 20.6 Å². The molecule has 1 aliphatic heterocycles. The first-order chi connectivity index (χ1) is 8.90. The lowest BCUT2D eigenvalue weighted by Gasteiger charge is -2.31. The summed E-state index contributed by atoms with van der Waals surface area (Å²) in [4.78, 5) is 8.08. The fourth-order valence-corrected chi connectivity index (χ4v) is 5.69. The predicted octanol–water partition coefficient (Wildman–Crippen LogP) is 5.32. The average molecular weight is 379 g/mol. The Balaban J connectivity index is 2.33. The van der Waals surface area contributed by atoms with Gasteiger partial charge in [0.25, 0.3) is 0 Å². The number of nitrogens with zero attached hydrogens (tertiary/aromatic N) is 1. The van der Waals surface area contributed by atoms with Crippen molar-refractivity contribution in [2.24, 2.45) is 0 Å². The van der Waals surface area contributed by atoms with Gasteiger partial charge in [-0.1, -0.05) is 39.9 Å². The molecule has 0 saturated carbocycles. The topological polar surface area (TPSA) is 28.7 Å². The maximum absolute atomic E-state index is 5.38. The van der Waals surface area contributed by atoms with E-state index < -0.39 is 0 Å². The molecule has 2 nitrogen and oxygen atoms in total. The number of aromatic amines is 1. The first kappa shape index (κ1) is 15.9. The van der Waals surface area contributed by atoms with Gasteiger partial charge in [-0.25, -0.2) is 4.98 Å². The summed E-state index contributed by atoms with van der Waals surface area (Å²) >= 11 is 13.0. The van der Waals surface area contributed by atoms with Crippen LogP contribution in [0.4, 0.5) is 0 Å². The second-order valence-electron chi connectivity index (χ2n) is 5.18. The molecule has 0 amide bonds. The van der Waals surface area contributed by atoms with E-state index in [9.17, 15) is 0 Å². The Morgan fingerprint density at radius 1 is 1.37 bits per heavy atom. The van der Waals surface area contributed by atoms with Crippen molar-refractivity contribution < 1.29 is 0 Å². The lowest BCUT2D eigenvalue weighted by Crippen LogP contribution is -2.23. The highest BCUT2D eigenvalue weighted by Gasteiger charge is 2.28. The monoisotopic (exact) mass is 378 g/mol. The highest BCUT2D eigenvalue weighted by atomic mass is 79.9. The van der Waals surface area contributed by atoms with Crippen molar-refractivity contribution in [1.82, 2.24) is 9.97 Å². The van der Waals surface area contributed by atoms with Gasteiger partial charge in [0.2, 0.25) is 0 Å². The molecule has 106 valence electrons. The van der Waals surface area contributed by atoms with Gasteiger partial charge < -0.3 is 4.98 Å². The molecule has 0 aromatic carbocycles. The number of thioether (sulfide) groups is 2. The minimum atomic E-state index is 0.412. The molecule has 3 atom stereocenters. The number of hydrogen-bond donors (Lipinski definition) is 1. The van der Waals surface area contributed by atoms with Crippen molar-refractivity contribution in [2.75, 3.05) is 5.75 Å². The first-order valence-electron chi connectivity index (χ1n) is 6.46. The van der Waals surface area contributed by atoms with E-state index in [2.05, 4.69) is 53.6 Å². The molecular formula is C13H19BrN2S3. The van der Waals surface area contributed by atoms with Crippen LogP contribution >= 0.6 is 51.7 Å². The van der Waals surface area contributed by atoms with Crippen LogP contribution in [0.3, 0.4) is 0 Å². The van der Waals surface area contributed by atoms with E-state index in [4.69, 9.17) is 12.2 Å². The molecule has 0 radical (unpaired) electrons. The smallest absolute Gasteiger partial charge is 0.144 e. The summed E-state index contributed by atoms with van der Waals surface area (Å²) in [5.74, 6) is 2.55. The van der Waals surface area contributed by atoms with Crippen LogP contribution in [0, 0.1) is 4.64 Å². The van der Waals surface area contributed by atoms with Crippen molar-refractivity contribution in [3.63, 3.8) is 0 Å². The van der Waals surface area contributed by atoms with Gasteiger partial charge in [-0.15, -0.1) is 11.8 Å². The van der Waals surface area contributed by atoms with Gasteiger partial charge in [0.15, 0.2) is 0 Å². The van der Waals surface area contributed by atoms with E-state index >= 15 is 0 Å². The number of H-pyrrole nitrogens is 1. The number of nitrogens with one attached hydrogen (secondary N) is 1. The molecule has 1 aliphatic rings. The summed E-state index contributed by atoms with van der Waals surface area (Å²) < 4.78 is 1.62. The summed E-state index contributed by atoms with van der Waals surface area (Å²) in [5, 5.41) is 1.78. The molecule has 1 fully saturated rings. The highest BCUT2D eigenvalue weighted by molar-refractivity contribution is 9.10. The Morgan fingerprint density at radius 2 is 2.05 bits per heavy atom. The van der Waals surface area contributed by atoms with Gasteiger partial charge in [-0.05, 0) is 21.8 Å². The zero-order chi connectivity index (χ0) is 14.2. The number of halogens is 1. The molecule has 3 unspecified atom stereocenters. The van der Waals surface area contributed by atoms with Gasteiger partial charge in [-0.2, -0.15) is 11.8 Å². The predicted molar refractivity (Wildman–Crippen MR) is 92.9 cm³/mol. The maximum atomic E-state index is 5.38. The molecule has 2 heterocycles. The maximum Gasteiger partial charge on any atom is 0.144 e. The standard InChI is InChI=1S/C13H19BrN2S3/c1-6(2)11-10(14)13(17)16-12(15-11)9-5-18-7(3)8(4)19-9/h6-9H,5H2,1-4H3,(H,15,16,17). The third-order valence-corrected chi connectivity index (χ3v) is 8.10. The first-order valence-corrected chi connectivity index (χ1v) is 9.66. The van der Waals surface area contributed by atoms with Gasteiger partial charge in [0, 0.05) is 21.9 Å². The largest absolute Gasteiger partial charge is 0.345 e. The molecular weight excluding hydrogens is 360 g/mol. The van der Waals surface area contributed by atoms with Crippen molar-refractivity contribution in [3.8, 4) is 0 Å². The van der Waals surface area contributed by atoms with Gasteiger partial charge >= 0.3 is 0 Å². The zero-order valence-electron chi connectivity index (χ0n) is 11.6. The summed E-state index contributed by atoms with van der Waals surface area (Å²) in [7, 11) is 0. The second-order valence-corrected chi connectivity index (χ2v) is 9.35. The van der Waals surface area contributed by atoms with E-state index in [-0.39, 0.29) is 0 Å². The molecule has 1 N–H and O–H groups in total. The van der Waals surface area contributed by atoms with Gasteiger partial charge in [0.1, 0.15) is 10.5 Å². The Bertz CT molecular complexity index is 515. The number of rotatable bonds is 2. The minimum Gasteiger partial charge on any atom is -0.345 e. The molecule has 6 heteroatoms. The summed E-state index contributed by atoms with van der Waals surface area (Å²) in [6.07, 6.45) is 0. The molecule has 0 spiro atoms. The van der Waals surface area contributed by atoms with E-state index in [1.807, 2.05) is 23.5 Å². The SMILES string of the molecule is CC(C)c1[nH]c(C2CSC(C)C(C)S2)nc(=S)c1Br. The fraction of sp³-hybridized carbons (Fsp3) is 0.692. The van der Waals surface area contributed by atoms with E-state index in [0.717, 1.165) is 21.7 Å². The van der Waals surface area contributed by atoms with Crippen LogP contribution in [0.1, 0.15) is 50.4 Å². The Hall–Kier alpha value is 0.480. The lowest BCUT2D eigenvalue weighted by atomic mass is 10.1. The Labute approximate surface area is 137 Å². The molecule has 0 aliphatic carbocycles. The molecule has 1 aromatic heterocycles. The quantitative estimate of drug-likeness (QED) is 0.704. The number of aromatic nitrogens is 2. The van der Waals surface area contributed by atoms with Crippen LogP contribution in [-0.4, -0.2) is 26.2 Å². The Morgan fingerprint density at radius 3 is 2.63 bits per heavy atom. The average Bonchev–Trinajstić information content (AvgIpc) is 2.35. The zero-order valence-corrected chi connectivity index (χ0v) is 15.6. The third-order valence-electron chi connectivity index (χ3n) is 3.34. The Kier molecular flexibility index (Phi) is 5.42. The van der Waals surface area contributed by atoms with Crippen LogP contribution in [-0.2, 0) is 0 Å². The van der Waals surface area contributed by atoms with Crippen LogP contribution in [0.25, 0.3) is 0 Å². The van der Waals surface area contributed by atoms with Gasteiger partial charge in [-0.3, -0.25) is 0 Å². The minimum absolute atomic E-state index is 0.412. The summed E-state index contributed by atoms with van der Waals surface area (Å²) in [5.41, 5.74) is 1.16. The molecule has 0 bridgehead atoms. The molecule has 1 aromatic rings. The van der Waals surface area contributed by atoms with Crippen molar-refractivity contribution in [1.29, 1.82) is 0 Å². The second kappa shape index (κ2) is 6.50. The van der Waals surface area contributed by atoms with Crippen LogP contribution < -0.4 is 0 Å². The van der Waals surface area contributed by atoms with Crippen LogP contribution in [0.15, 0.2) is 4.47 Å². The van der Waals surface area contributed by atoms with E-state index in [1.165, 1.54) is 0 Å². The highest BCUT2D eigenvalue weighted by Crippen LogP contribution is 2.43. The molecule has 19 heavy (non-hydrogen) atoms. The molecule has 2 rings (SSSR count). The van der Waals surface area contributed by atoms with Gasteiger partial charge in [0.05, 0.1) is 9.72 Å². The van der Waals surface area contributed by atoms with Crippen LogP contribution in [0.2, 0.25) is 0 Å². The molecule has 1 saturated heterocycles. The number of hydrogen-bond acceptors (Lipinski definition) is 4. The third kappa shape index (κ3) is 3.57. The lowest BCUT2D eigenvalue weighted by molar-refractivity contribution is 0.768. The fourth-order valence-electron chi connectivity index (χ4n) is 1.97. The van der Waals surface area contributed by atoms with Crippen LogP contribution in [0.5, 0.6) is 0 Å². The normalized spacial score (nSPS) is 27.8. The van der Waals surface area contributed by atoms with E-state index in [0.29, 0.717) is 26.3 Å². The summed E-state index contributed by atoms with van der Waals surface area (Å²) in [6, 6.07) is 0.